The smallest absolute Gasteiger partial charge is 0.222 e. The molecule has 1 aromatic carbocycles. The molecule has 1 atom stereocenters. The minimum Gasteiger partial charge on any atom is -0.399 e. The van der Waals surface area contributed by atoms with E-state index in [-0.39, 0.29) is 17.9 Å². The first-order chi connectivity index (χ1) is 8.63. The lowest BCUT2D eigenvalue weighted by atomic mass is 10.1. The normalized spacial score (nSPS) is 18.4. The van der Waals surface area contributed by atoms with Crippen molar-refractivity contribution in [2.45, 2.75) is 25.3 Å². The van der Waals surface area contributed by atoms with Crippen LogP contribution >= 0.6 is 0 Å². The first-order valence-electron chi connectivity index (χ1n) is 6.04. The van der Waals surface area contributed by atoms with Crippen LogP contribution < -0.4 is 16.4 Å². The van der Waals surface area contributed by atoms with Gasteiger partial charge in [0.15, 0.2) is 0 Å². The number of anilines is 1. The highest BCUT2D eigenvalue weighted by Gasteiger charge is 2.22. The lowest BCUT2D eigenvalue weighted by molar-refractivity contribution is -0.121. The van der Waals surface area contributed by atoms with Crippen molar-refractivity contribution >= 4 is 17.5 Å². The van der Waals surface area contributed by atoms with Crippen LogP contribution in [0.2, 0.25) is 0 Å². The zero-order valence-corrected chi connectivity index (χ0v) is 10.1. The lowest BCUT2D eigenvalue weighted by Gasteiger charge is -2.10. The van der Waals surface area contributed by atoms with Gasteiger partial charge >= 0.3 is 0 Å². The van der Waals surface area contributed by atoms with Crippen LogP contribution in [-0.4, -0.2) is 24.4 Å². The van der Waals surface area contributed by atoms with E-state index in [9.17, 15) is 9.59 Å². The van der Waals surface area contributed by atoms with Crippen LogP contribution in [0, 0.1) is 0 Å². The molecule has 4 N–H and O–H groups in total. The maximum atomic E-state index is 11.7. The van der Waals surface area contributed by atoms with Gasteiger partial charge in [-0.3, -0.25) is 9.59 Å². The molecule has 0 bridgehead atoms. The number of amides is 2. The minimum atomic E-state index is -0.0589. The Hall–Kier alpha value is -2.04. The predicted octanol–water partition coefficient (Wildman–Crippen LogP) is 0.206. The van der Waals surface area contributed by atoms with Crippen molar-refractivity contribution in [3.05, 3.63) is 29.8 Å². The fraction of sp³-hybridized carbons (Fsp3) is 0.385. The molecule has 2 amide bonds. The molecular weight excluding hydrogens is 230 g/mol. The summed E-state index contributed by atoms with van der Waals surface area (Å²) in [4.78, 5) is 22.6. The number of hydrogen-bond donors (Lipinski definition) is 3. The van der Waals surface area contributed by atoms with Crippen molar-refractivity contribution in [3.8, 4) is 0 Å². The highest BCUT2D eigenvalue weighted by molar-refractivity contribution is 5.82. The second-order valence-corrected chi connectivity index (χ2v) is 4.51. The van der Waals surface area contributed by atoms with Crippen molar-refractivity contribution < 1.29 is 9.59 Å². The van der Waals surface area contributed by atoms with Crippen LogP contribution in [0.4, 0.5) is 5.69 Å². The summed E-state index contributed by atoms with van der Waals surface area (Å²) < 4.78 is 0. The maximum absolute atomic E-state index is 11.7. The Bertz CT molecular complexity index is 442. The van der Waals surface area contributed by atoms with E-state index in [1.165, 1.54) is 0 Å². The standard InChI is InChI=1S/C13H17N3O2/c14-10-4-1-9(2-5-10)3-6-12(17)16-11-7-13(18)15-8-11/h1-2,4-5,11H,3,6-8,14H2,(H,15,18)(H,16,17). The van der Waals surface area contributed by atoms with Gasteiger partial charge in [-0.2, -0.15) is 0 Å². The van der Waals surface area contributed by atoms with Crippen molar-refractivity contribution in [2.24, 2.45) is 0 Å². The summed E-state index contributed by atoms with van der Waals surface area (Å²) in [5, 5.41) is 5.53. The molecule has 0 aliphatic carbocycles. The van der Waals surface area contributed by atoms with Crippen molar-refractivity contribution in [1.82, 2.24) is 10.6 Å². The topological polar surface area (TPSA) is 84.2 Å². The number of nitrogens with one attached hydrogen (secondary N) is 2. The van der Waals surface area contributed by atoms with Crippen molar-refractivity contribution in [1.29, 1.82) is 0 Å². The molecule has 1 aliphatic heterocycles. The average molecular weight is 247 g/mol. The van der Waals surface area contributed by atoms with Crippen molar-refractivity contribution in [3.63, 3.8) is 0 Å². The van der Waals surface area contributed by atoms with Crippen LogP contribution in [0.1, 0.15) is 18.4 Å². The molecule has 0 saturated carbocycles. The van der Waals surface area contributed by atoms with E-state index >= 15 is 0 Å². The second kappa shape index (κ2) is 5.53. The quantitative estimate of drug-likeness (QED) is 0.665. The number of nitrogen functional groups attached to an aromatic ring is 1. The van der Waals surface area contributed by atoms with Gasteiger partial charge in [-0.1, -0.05) is 12.1 Å². The SMILES string of the molecule is Nc1ccc(CCC(=O)NC2CNC(=O)C2)cc1. The molecule has 2 rings (SSSR count). The van der Waals surface area contributed by atoms with Gasteiger partial charge in [-0.15, -0.1) is 0 Å². The molecule has 1 aliphatic rings. The summed E-state index contributed by atoms with van der Waals surface area (Å²) in [6, 6.07) is 7.43. The molecule has 5 heteroatoms. The van der Waals surface area contributed by atoms with Gasteiger partial charge in [0.2, 0.25) is 11.8 Å². The number of carbonyl (C=O) groups is 2. The first kappa shape index (κ1) is 12.4. The summed E-state index contributed by atoms with van der Waals surface area (Å²) in [5.74, 6) is -0.0211. The van der Waals surface area contributed by atoms with Gasteiger partial charge in [-0.05, 0) is 24.1 Å². The van der Waals surface area contributed by atoms with E-state index < -0.39 is 0 Å². The Morgan fingerprint density at radius 2 is 2.11 bits per heavy atom. The second-order valence-electron chi connectivity index (χ2n) is 4.51. The van der Waals surface area contributed by atoms with Gasteiger partial charge in [0, 0.05) is 25.1 Å². The number of rotatable bonds is 4. The van der Waals surface area contributed by atoms with Crippen LogP contribution in [-0.2, 0) is 16.0 Å². The first-order valence-corrected chi connectivity index (χ1v) is 6.04. The van der Waals surface area contributed by atoms with E-state index in [4.69, 9.17) is 5.73 Å². The molecule has 1 fully saturated rings. The fourth-order valence-electron chi connectivity index (χ4n) is 1.95. The molecular formula is C13H17N3O2. The fourth-order valence-corrected chi connectivity index (χ4v) is 1.95. The van der Waals surface area contributed by atoms with Crippen LogP contribution in [0.25, 0.3) is 0 Å². The number of carbonyl (C=O) groups excluding carboxylic acids is 2. The molecule has 1 saturated heterocycles. The van der Waals surface area contributed by atoms with E-state index in [0.717, 1.165) is 11.3 Å². The molecule has 0 spiro atoms. The highest BCUT2D eigenvalue weighted by atomic mass is 16.2. The van der Waals surface area contributed by atoms with E-state index in [0.29, 0.717) is 25.8 Å². The largest absolute Gasteiger partial charge is 0.399 e. The Morgan fingerprint density at radius 1 is 1.39 bits per heavy atom. The molecule has 96 valence electrons. The summed E-state index contributed by atoms with van der Waals surface area (Å²) in [6.07, 6.45) is 1.49. The number of hydrogen-bond acceptors (Lipinski definition) is 3. The van der Waals surface area contributed by atoms with Crippen LogP contribution in [0.5, 0.6) is 0 Å². The highest BCUT2D eigenvalue weighted by Crippen LogP contribution is 2.08. The van der Waals surface area contributed by atoms with Gasteiger partial charge < -0.3 is 16.4 Å². The molecule has 0 aromatic heterocycles. The Labute approximate surface area is 106 Å². The Kier molecular flexibility index (Phi) is 3.82. The van der Waals surface area contributed by atoms with Gasteiger partial charge in [0.25, 0.3) is 0 Å². The third-order valence-electron chi connectivity index (χ3n) is 2.96. The third-order valence-corrected chi connectivity index (χ3v) is 2.96. The van der Waals surface area contributed by atoms with Crippen molar-refractivity contribution in [2.75, 3.05) is 12.3 Å². The summed E-state index contributed by atoms with van der Waals surface area (Å²) in [5.41, 5.74) is 7.39. The van der Waals surface area contributed by atoms with Gasteiger partial charge in [0.05, 0.1) is 6.04 Å². The van der Waals surface area contributed by atoms with Crippen LogP contribution in [0.3, 0.4) is 0 Å². The number of aryl methyl sites for hydroxylation is 1. The number of benzene rings is 1. The van der Waals surface area contributed by atoms with Crippen LogP contribution in [0.15, 0.2) is 24.3 Å². The molecule has 1 heterocycles. The minimum absolute atomic E-state index is 0.00108. The lowest BCUT2D eigenvalue weighted by Crippen LogP contribution is -2.36. The Morgan fingerprint density at radius 3 is 2.72 bits per heavy atom. The molecule has 5 nitrogen and oxygen atoms in total. The van der Waals surface area contributed by atoms with E-state index in [1.807, 2.05) is 24.3 Å². The zero-order chi connectivity index (χ0) is 13.0. The molecule has 18 heavy (non-hydrogen) atoms. The van der Waals surface area contributed by atoms with Gasteiger partial charge in [-0.25, -0.2) is 0 Å². The molecule has 0 radical (unpaired) electrons. The maximum Gasteiger partial charge on any atom is 0.222 e. The molecule has 1 aromatic rings. The summed E-state index contributed by atoms with van der Waals surface area (Å²) in [6.45, 7) is 0.534. The molecule has 1 unspecified atom stereocenters. The average Bonchev–Trinajstić information content (AvgIpc) is 2.74. The third kappa shape index (κ3) is 3.48. The summed E-state index contributed by atoms with van der Waals surface area (Å²) >= 11 is 0. The number of nitrogens with two attached hydrogens (primary N) is 1. The zero-order valence-electron chi connectivity index (χ0n) is 10.1. The van der Waals surface area contributed by atoms with E-state index in [2.05, 4.69) is 10.6 Å². The monoisotopic (exact) mass is 247 g/mol. The predicted molar refractivity (Wildman–Crippen MR) is 68.7 cm³/mol. The van der Waals surface area contributed by atoms with Gasteiger partial charge in [0.1, 0.15) is 0 Å². The van der Waals surface area contributed by atoms with E-state index in [1.54, 1.807) is 0 Å². The summed E-state index contributed by atoms with van der Waals surface area (Å²) in [7, 11) is 0. The Balaban J connectivity index is 1.74.